The number of hydrogen-bond acceptors (Lipinski definition) is 3. The summed E-state index contributed by atoms with van der Waals surface area (Å²) in [6.45, 7) is 3.42. The standard InChI is InChI=1S/C15H16N2O3/c1-15(2)13(19)17(14(20)16-15)10-12-7-5-11(6-8-12)4-3-9-18/h5-8,18H,9-10H2,1-2H3,(H,16,20). The minimum Gasteiger partial charge on any atom is -0.384 e. The second kappa shape index (κ2) is 5.35. The molecule has 0 radical (unpaired) electrons. The molecule has 1 aliphatic rings. The second-order valence-electron chi connectivity index (χ2n) is 5.10. The van der Waals surface area contributed by atoms with Crippen molar-refractivity contribution >= 4 is 11.9 Å². The van der Waals surface area contributed by atoms with Crippen molar-refractivity contribution in [3.8, 4) is 11.8 Å². The Morgan fingerprint density at radius 2 is 1.90 bits per heavy atom. The molecule has 2 N–H and O–H groups in total. The van der Waals surface area contributed by atoms with Gasteiger partial charge in [0, 0.05) is 5.56 Å². The van der Waals surface area contributed by atoms with Crippen LogP contribution in [0.5, 0.6) is 0 Å². The molecular formula is C15H16N2O3. The van der Waals surface area contributed by atoms with E-state index in [1.165, 1.54) is 4.90 Å². The molecule has 1 aliphatic heterocycles. The van der Waals surface area contributed by atoms with Crippen molar-refractivity contribution in [2.24, 2.45) is 0 Å². The number of carbonyl (C=O) groups is 2. The molecule has 1 aromatic rings. The number of hydrogen-bond donors (Lipinski definition) is 2. The highest BCUT2D eigenvalue weighted by molar-refractivity contribution is 6.06. The number of urea groups is 1. The fourth-order valence-corrected chi connectivity index (χ4v) is 1.98. The Labute approximate surface area is 117 Å². The van der Waals surface area contributed by atoms with Crippen molar-refractivity contribution in [3.63, 3.8) is 0 Å². The third-order valence-electron chi connectivity index (χ3n) is 3.05. The van der Waals surface area contributed by atoms with Gasteiger partial charge in [0.15, 0.2) is 0 Å². The van der Waals surface area contributed by atoms with E-state index >= 15 is 0 Å². The van der Waals surface area contributed by atoms with Crippen LogP contribution in [0, 0.1) is 11.8 Å². The molecule has 0 aromatic heterocycles. The Morgan fingerprint density at radius 3 is 2.40 bits per heavy atom. The van der Waals surface area contributed by atoms with E-state index in [1.54, 1.807) is 26.0 Å². The average Bonchev–Trinajstić information content (AvgIpc) is 2.60. The van der Waals surface area contributed by atoms with E-state index in [0.29, 0.717) is 0 Å². The summed E-state index contributed by atoms with van der Waals surface area (Å²) in [6.07, 6.45) is 0. The van der Waals surface area contributed by atoms with Gasteiger partial charge in [-0.25, -0.2) is 4.79 Å². The lowest BCUT2D eigenvalue weighted by molar-refractivity contribution is -0.130. The Bertz CT molecular complexity index is 594. The number of amides is 3. The summed E-state index contributed by atoms with van der Waals surface area (Å²) in [4.78, 5) is 25.0. The van der Waals surface area contributed by atoms with Crippen LogP contribution in [0.1, 0.15) is 25.0 Å². The van der Waals surface area contributed by atoms with Crippen molar-refractivity contribution < 1.29 is 14.7 Å². The van der Waals surface area contributed by atoms with Crippen molar-refractivity contribution in [1.29, 1.82) is 0 Å². The van der Waals surface area contributed by atoms with Crippen LogP contribution in [0.2, 0.25) is 0 Å². The number of rotatable bonds is 2. The molecule has 5 heteroatoms. The molecule has 2 rings (SSSR count). The fraction of sp³-hybridized carbons (Fsp3) is 0.333. The second-order valence-corrected chi connectivity index (χ2v) is 5.10. The summed E-state index contributed by atoms with van der Waals surface area (Å²) in [5.74, 6) is 5.11. The number of nitrogens with one attached hydrogen (secondary N) is 1. The largest absolute Gasteiger partial charge is 0.384 e. The minimum atomic E-state index is -0.844. The molecule has 20 heavy (non-hydrogen) atoms. The minimum absolute atomic E-state index is 0.181. The molecule has 0 unspecified atom stereocenters. The predicted octanol–water partition coefficient (Wildman–Crippen LogP) is 0.861. The molecule has 1 fully saturated rings. The zero-order valence-corrected chi connectivity index (χ0v) is 11.4. The summed E-state index contributed by atoms with van der Waals surface area (Å²) >= 11 is 0. The van der Waals surface area contributed by atoms with Crippen molar-refractivity contribution in [1.82, 2.24) is 10.2 Å². The van der Waals surface area contributed by atoms with E-state index < -0.39 is 5.54 Å². The highest BCUT2D eigenvalue weighted by atomic mass is 16.2. The molecule has 0 bridgehead atoms. The highest BCUT2D eigenvalue weighted by Crippen LogP contribution is 2.19. The van der Waals surface area contributed by atoms with Crippen molar-refractivity contribution in [2.75, 3.05) is 6.61 Å². The Balaban J connectivity index is 2.11. The molecule has 1 saturated heterocycles. The quantitative estimate of drug-likeness (QED) is 0.620. The van der Waals surface area contributed by atoms with Gasteiger partial charge in [-0.05, 0) is 31.5 Å². The summed E-state index contributed by atoms with van der Waals surface area (Å²) in [6, 6.07) is 6.84. The van der Waals surface area contributed by atoms with Crippen LogP contribution in [-0.2, 0) is 11.3 Å². The Hall–Kier alpha value is -2.32. The summed E-state index contributed by atoms with van der Waals surface area (Å²) in [5, 5.41) is 11.3. The average molecular weight is 272 g/mol. The van der Waals surface area contributed by atoms with E-state index in [2.05, 4.69) is 17.2 Å². The summed E-state index contributed by atoms with van der Waals surface area (Å²) < 4.78 is 0. The lowest BCUT2D eigenvalue weighted by Crippen LogP contribution is -2.40. The number of aliphatic hydroxyl groups excluding tert-OH is 1. The van der Waals surface area contributed by atoms with Crippen molar-refractivity contribution in [2.45, 2.75) is 25.9 Å². The first kappa shape index (κ1) is 14.1. The maximum atomic E-state index is 12.0. The Morgan fingerprint density at radius 1 is 1.25 bits per heavy atom. The normalized spacial score (nSPS) is 16.6. The van der Waals surface area contributed by atoms with E-state index in [4.69, 9.17) is 5.11 Å². The molecule has 5 nitrogen and oxygen atoms in total. The first-order chi connectivity index (χ1) is 9.44. The van der Waals surface area contributed by atoms with E-state index in [1.807, 2.05) is 12.1 Å². The maximum absolute atomic E-state index is 12.0. The smallest absolute Gasteiger partial charge is 0.325 e. The van der Waals surface area contributed by atoms with Crippen LogP contribution in [0.15, 0.2) is 24.3 Å². The monoisotopic (exact) mass is 272 g/mol. The van der Waals surface area contributed by atoms with Crippen LogP contribution in [0.3, 0.4) is 0 Å². The summed E-state index contributed by atoms with van der Waals surface area (Å²) in [5.41, 5.74) is 0.782. The third kappa shape index (κ3) is 2.81. The first-order valence-electron chi connectivity index (χ1n) is 6.27. The van der Waals surface area contributed by atoms with Gasteiger partial charge in [0.2, 0.25) is 0 Å². The third-order valence-corrected chi connectivity index (χ3v) is 3.05. The van der Waals surface area contributed by atoms with E-state index in [9.17, 15) is 9.59 Å². The fourth-order valence-electron chi connectivity index (χ4n) is 1.98. The lowest BCUT2D eigenvalue weighted by Gasteiger charge is -2.16. The number of aliphatic hydroxyl groups is 1. The summed E-state index contributed by atoms with van der Waals surface area (Å²) in [7, 11) is 0. The number of benzene rings is 1. The molecule has 104 valence electrons. The van der Waals surface area contributed by atoms with Crippen LogP contribution in [0.25, 0.3) is 0 Å². The molecular weight excluding hydrogens is 256 g/mol. The number of imide groups is 1. The van der Waals surface area contributed by atoms with Gasteiger partial charge in [-0.2, -0.15) is 0 Å². The lowest BCUT2D eigenvalue weighted by atomic mass is 10.1. The van der Waals surface area contributed by atoms with Gasteiger partial charge < -0.3 is 10.4 Å². The first-order valence-corrected chi connectivity index (χ1v) is 6.27. The zero-order chi connectivity index (χ0) is 14.8. The van der Waals surface area contributed by atoms with Gasteiger partial charge in [0.25, 0.3) is 5.91 Å². The predicted molar refractivity (Wildman–Crippen MR) is 73.6 cm³/mol. The molecule has 0 atom stereocenters. The van der Waals surface area contributed by atoms with Gasteiger partial charge in [0.1, 0.15) is 12.1 Å². The maximum Gasteiger partial charge on any atom is 0.325 e. The Kier molecular flexibility index (Phi) is 3.77. The SMILES string of the molecule is CC1(C)NC(=O)N(Cc2ccc(C#CCO)cc2)C1=O. The molecule has 1 aromatic carbocycles. The molecule has 3 amide bonds. The highest BCUT2D eigenvalue weighted by Gasteiger charge is 2.43. The van der Waals surface area contributed by atoms with Gasteiger partial charge in [-0.1, -0.05) is 24.0 Å². The molecule has 0 aliphatic carbocycles. The molecule has 0 spiro atoms. The zero-order valence-electron chi connectivity index (χ0n) is 11.4. The molecule has 0 saturated carbocycles. The van der Waals surface area contributed by atoms with Gasteiger partial charge in [-0.3, -0.25) is 9.69 Å². The van der Waals surface area contributed by atoms with Crippen molar-refractivity contribution in [3.05, 3.63) is 35.4 Å². The van der Waals surface area contributed by atoms with Gasteiger partial charge in [-0.15, -0.1) is 0 Å². The number of nitrogens with zero attached hydrogens (tertiary/aromatic N) is 1. The number of carbonyl (C=O) groups excluding carboxylic acids is 2. The van der Waals surface area contributed by atoms with E-state index in [0.717, 1.165) is 11.1 Å². The van der Waals surface area contributed by atoms with Crippen LogP contribution in [-0.4, -0.2) is 34.1 Å². The topological polar surface area (TPSA) is 69.6 Å². The van der Waals surface area contributed by atoms with Gasteiger partial charge in [0.05, 0.1) is 6.54 Å². The molecule has 1 heterocycles. The van der Waals surface area contributed by atoms with E-state index in [-0.39, 0.29) is 25.1 Å². The van der Waals surface area contributed by atoms with Crippen LogP contribution < -0.4 is 5.32 Å². The van der Waals surface area contributed by atoms with Crippen LogP contribution in [0.4, 0.5) is 4.79 Å². The van der Waals surface area contributed by atoms with Crippen LogP contribution >= 0.6 is 0 Å². The van der Waals surface area contributed by atoms with Gasteiger partial charge >= 0.3 is 6.03 Å².